The van der Waals surface area contributed by atoms with E-state index in [4.69, 9.17) is 9.15 Å². The molecule has 1 aliphatic rings. The first kappa shape index (κ1) is 25.5. The van der Waals surface area contributed by atoms with Gasteiger partial charge in [-0.25, -0.2) is 0 Å². The maximum absolute atomic E-state index is 13.0. The molecular weight excluding hydrogens is 462 g/mol. The van der Waals surface area contributed by atoms with Gasteiger partial charge in [0.1, 0.15) is 18.2 Å². The number of fused-ring (bicyclic) bond motifs is 1. The van der Waals surface area contributed by atoms with E-state index in [1.807, 2.05) is 0 Å². The molecule has 0 bridgehead atoms. The lowest BCUT2D eigenvalue weighted by molar-refractivity contribution is 0.0892. The monoisotopic (exact) mass is 497 g/mol. The number of ether oxygens (including phenoxy) is 1. The first-order valence-corrected chi connectivity index (χ1v) is 13.3. The van der Waals surface area contributed by atoms with Gasteiger partial charge in [-0.15, -0.1) is 22.0 Å². The summed E-state index contributed by atoms with van der Waals surface area (Å²) < 4.78 is 12.9. The second-order valence-corrected chi connectivity index (χ2v) is 10.2. The number of carbonyl (C=O) groups is 1. The number of furan rings is 1. The molecular formula is C26H35N5O3S. The molecule has 0 radical (unpaired) electrons. The number of methoxy groups -OCH3 is 1. The summed E-state index contributed by atoms with van der Waals surface area (Å²) in [5.74, 6) is 2.82. The summed E-state index contributed by atoms with van der Waals surface area (Å²) in [5.41, 5.74) is 1.32. The van der Waals surface area contributed by atoms with Gasteiger partial charge < -0.3 is 19.0 Å². The van der Waals surface area contributed by atoms with Gasteiger partial charge in [0.2, 0.25) is 0 Å². The molecule has 1 atom stereocenters. The largest absolute Gasteiger partial charge is 0.453 e. The fourth-order valence-electron chi connectivity index (χ4n) is 4.44. The zero-order chi connectivity index (χ0) is 24.8. The zero-order valence-electron chi connectivity index (χ0n) is 21.0. The predicted octanol–water partition coefficient (Wildman–Crippen LogP) is 4.31. The topological polar surface area (TPSA) is 85.4 Å². The Balaban J connectivity index is 1.46. The van der Waals surface area contributed by atoms with Crippen LogP contribution in [0.15, 0.2) is 45.7 Å². The molecule has 1 unspecified atom stereocenters. The van der Waals surface area contributed by atoms with E-state index < -0.39 is 0 Å². The molecule has 1 N–H and O–H groups in total. The van der Waals surface area contributed by atoms with Crippen molar-refractivity contribution >= 4 is 17.7 Å². The van der Waals surface area contributed by atoms with Crippen LogP contribution in [0.5, 0.6) is 0 Å². The minimum atomic E-state index is -0.251. The summed E-state index contributed by atoms with van der Waals surface area (Å²) in [5, 5.41) is 12.2. The highest BCUT2D eigenvalue weighted by atomic mass is 32.2. The van der Waals surface area contributed by atoms with Crippen LogP contribution < -0.4 is 5.32 Å². The lowest BCUT2D eigenvalue weighted by Crippen LogP contribution is -2.32. The van der Waals surface area contributed by atoms with Crippen LogP contribution in [0.1, 0.15) is 59.8 Å². The normalized spacial score (nSPS) is 15.1. The number of rotatable bonds is 10. The van der Waals surface area contributed by atoms with Gasteiger partial charge in [0.25, 0.3) is 5.91 Å². The Kier molecular flexibility index (Phi) is 8.64. The Labute approximate surface area is 211 Å². The van der Waals surface area contributed by atoms with Crippen LogP contribution in [-0.4, -0.2) is 52.0 Å². The molecule has 188 valence electrons. The molecule has 8 nitrogen and oxygen atoms in total. The highest BCUT2D eigenvalue weighted by Gasteiger charge is 2.27. The van der Waals surface area contributed by atoms with Crippen LogP contribution >= 0.6 is 11.8 Å². The second-order valence-electron chi connectivity index (χ2n) is 9.35. The number of nitrogens with zero attached hydrogens (tertiary/aromatic N) is 4. The van der Waals surface area contributed by atoms with Crippen molar-refractivity contribution in [3.05, 3.63) is 65.1 Å². The summed E-state index contributed by atoms with van der Waals surface area (Å²) in [6, 6.07) is 12.0. The second kappa shape index (κ2) is 11.9. The average Bonchev–Trinajstić information content (AvgIpc) is 3.43. The Hall–Kier alpha value is -2.62. The molecule has 0 aliphatic carbocycles. The van der Waals surface area contributed by atoms with Crippen molar-refractivity contribution in [1.82, 2.24) is 25.0 Å². The number of hydrogen-bond donors (Lipinski definition) is 1. The number of benzene rings is 1. The van der Waals surface area contributed by atoms with Crippen molar-refractivity contribution in [3.8, 4) is 0 Å². The van der Waals surface area contributed by atoms with Crippen LogP contribution in [0, 0.1) is 5.92 Å². The summed E-state index contributed by atoms with van der Waals surface area (Å²) in [7, 11) is 1.60. The molecule has 3 aromatic rings. The molecule has 1 amide bonds. The highest BCUT2D eigenvalue weighted by molar-refractivity contribution is 7.98. The van der Waals surface area contributed by atoms with Gasteiger partial charge in [0.15, 0.2) is 11.6 Å². The minimum Gasteiger partial charge on any atom is -0.453 e. The average molecular weight is 498 g/mol. The Morgan fingerprint density at radius 2 is 1.94 bits per heavy atom. The van der Waals surface area contributed by atoms with E-state index in [9.17, 15) is 4.79 Å². The fourth-order valence-corrected chi connectivity index (χ4v) is 4.85. The van der Waals surface area contributed by atoms with Crippen molar-refractivity contribution in [1.29, 1.82) is 0 Å². The minimum absolute atomic E-state index is 0.245. The Bertz CT molecular complexity index is 1110. The maximum Gasteiger partial charge on any atom is 0.287 e. The predicted molar refractivity (Wildman–Crippen MR) is 136 cm³/mol. The molecule has 9 heteroatoms. The third-order valence-electron chi connectivity index (χ3n) is 6.21. The van der Waals surface area contributed by atoms with E-state index >= 15 is 0 Å². The summed E-state index contributed by atoms with van der Waals surface area (Å²) in [6.07, 6.45) is 3.69. The summed E-state index contributed by atoms with van der Waals surface area (Å²) in [4.78, 5) is 16.7. The molecule has 1 aliphatic heterocycles. The highest BCUT2D eigenvalue weighted by Crippen LogP contribution is 2.24. The first-order chi connectivity index (χ1) is 17.0. The summed E-state index contributed by atoms with van der Waals surface area (Å²) >= 11 is 1.76. The van der Waals surface area contributed by atoms with Crippen LogP contribution in [0.3, 0.4) is 0 Å². The van der Waals surface area contributed by atoms with Crippen LogP contribution in [0.4, 0.5) is 0 Å². The van der Waals surface area contributed by atoms with Gasteiger partial charge in [0, 0.05) is 44.6 Å². The number of nitrogens with one attached hydrogen (secondary N) is 1. The quantitative estimate of drug-likeness (QED) is 0.418. The van der Waals surface area contributed by atoms with Crippen molar-refractivity contribution < 1.29 is 13.9 Å². The van der Waals surface area contributed by atoms with Crippen molar-refractivity contribution in [2.45, 2.75) is 57.3 Å². The molecule has 0 saturated carbocycles. The van der Waals surface area contributed by atoms with Crippen molar-refractivity contribution in [3.63, 3.8) is 0 Å². The van der Waals surface area contributed by atoms with Crippen molar-refractivity contribution in [2.75, 3.05) is 26.5 Å². The van der Waals surface area contributed by atoms with Crippen LogP contribution in [0.25, 0.3) is 0 Å². The Morgan fingerprint density at radius 3 is 2.66 bits per heavy atom. The third-order valence-corrected chi connectivity index (χ3v) is 6.95. The van der Waals surface area contributed by atoms with Gasteiger partial charge in [-0.2, -0.15) is 0 Å². The SMILES string of the molecule is COCc1ccc(C(=O)NC(CC(C)C)c2nnc3n2CCN(Cc2ccc(SC)cc2)CC3)o1. The van der Waals surface area contributed by atoms with Crippen molar-refractivity contribution in [2.24, 2.45) is 5.92 Å². The Morgan fingerprint density at radius 1 is 1.14 bits per heavy atom. The standard InChI is InChI=1S/C26H35N5O3S/c1-18(2)15-22(27-26(32)23-10-7-20(34-23)17-33-3)25-29-28-24-11-12-30(13-14-31(24)25)16-19-5-8-21(35-4)9-6-19/h5-10,18,22H,11-17H2,1-4H3,(H,27,32). The zero-order valence-corrected chi connectivity index (χ0v) is 21.8. The number of aromatic nitrogens is 3. The van der Waals surface area contributed by atoms with E-state index in [2.05, 4.69) is 69.3 Å². The van der Waals surface area contributed by atoms with Gasteiger partial charge >= 0.3 is 0 Å². The number of thioether (sulfide) groups is 1. The van der Waals surface area contributed by atoms with Crippen LogP contribution in [0.2, 0.25) is 0 Å². The molecule has 1 aromatic carbocycles. The molecule has 4 rings (SSSR count). The fraction of sp³-hybridized carbons (Fsp3) is 0.500. The van der Waals surface area contributed by atoms with Gasteiger partial charge in [-0.1, -0.05) is 26.0 Å². The molecule has 0 saturated heterocycles. The number of carbonyl (C=O) groups excluding carboxylic acids is 1. The molecule has 35 heavy (non-hydrogen) atoms. The smallest absolute Gasteiger partial charge is 0.287 e. The van der Waals surface area contributed by atoms with E-state index in [0.29, 0.717) is 18.3 Å². The summed E-state index contributed by atoms with van der Waals surface area (Å²) in [6.45, 7) is 8.17. The number of amides is 1. The van der Waals surface area contributed by atoms with E-state index in [1.54, 1.807) is 31.0 Å². The van der Waals surface area contributed by atoms with Gasteiger partial charge in [-0.05, 0) is 48.4 Å². The van der Waals surface area contributed by atoms with Gasteiger partial charge in [-0.3, -0.25) is 9.69 Å². The van der Waals surface area contributed by atoms with Crippen LogP contribution in [-0.2, 0) is 30.9 Å². The molecule has 0 spiro atoms. The lowest BCUT2D eigenvalue weighted by atomic mass is 10.0. The van der Waals surface area contributed by atoms with E-state index in [1.165, 1.54) is 10.5 Å². The molecule has 2 aromatic heterocycles. The third kappa shape index (κ3) is 6.54. The number of hydrogen-bond acceptors (Lipinski definition) is 7. The van der Waals surface area contributed by atoms with E-state index in [-0.39, 0.29) is 17.7 Å². The maximum atomic E-state index is 13.0. The first-order valence-electron chi connectivity index (χ1n) is 12.1. The lowest BCUT2D eigenvalue weighted by Gasteiger charge is -2.22. The van der Waals surface area contributed by atoms with Gasteiger partial charge in [0.05, 0.1) is 6.04 Å². The van der Waals surface area contributed by atoms with E-state index in [0.717, 1.165) is 50.7 Å². The molecule has 3 heterocycles. The molecule has 0 fully saturated rings.